The fourth-order valence-electron chi connectivity index (χ4n) is 3.03. The highest BCUT2D eigenvalue weighted by atomic mass is 35.5. The highest BCUT2D eigenvalue weighted by Crippen LogP contribution is 2.28. The van der Waals surface area contributed by atoms with Gasteiger partial charge in [0, 0.05) is 0 Å². The molecule has 1 aromatic rings. The lowest BCUT2D eigenvalue weighted by molar-refractivity contribution is 0.137. The highest BCUT2D eigenvalue weighted by molar-refractivity contribution is 6.31. The predicted octanol–water partition coefficient (Wildman–Crippen LogP) is 4.74. The molecule has 1 saturated carbocycles. The normalized spacial score (nSPS) is 19.1. The molecule has 0 bridgehead atoms. The van der Waals surface area contributed by atoms with E-state index < -0.39 is 11.9 Å². The fourth-order valence-corrected chi connectivity index (χ4v) is 3.23. The molecule has 1 atom stereocenters. The van der Waals surface area contributed by atoms with Crippen molar-refractivity contribution in [3.05, 3.63) is 34.6 Å². The molecule has 3 heteroatoms. The Bertz CT molecular complexity index is 400. The van der Waals surface area contributed by atoms with Crippen molar-refractivity contribution in [3.63, 3.8) is 0 Å². The standard InChI is InChI=1S/C16H22ClFO/c17-16-13(8-5-9-15(16)18)11-14(19)10-12-6-3-1-2-4-7-12/h5,8-9,12,14,19H,1-4,6-7,10-11H2. The Balaban J connectivity index is 1.89. The molecule has 0 saturated heterocycles. The number of hydrogen-bond donors (Lipinski definition) is 1. The van der Waals surface area contributed by atoms with Gasteiger partial charge in [-0.25, -0.2) is 4.39 Å². The van der Waals surface area contributed by atoms with Crippen LogP contribution in [0.3, 0.4) is 0 Å². The average Bonchev–Trinajstić information content (AvgIpc) is 2.63. The molecule has 2 rings (SSSR count). The minimum atomic E-state index is -0.414. The summed E-state index contributed by atoms with van der Waals surface area (Å²) >= 11 is 5.92. The third kappa shape index (κ3) is 4.47. The molecule has 106 valence electrons. The van der Waals surface area contributed by atoms with E-state index in [1.54, 1.807) is 12.1 Å². The van der Waals surface area contributed by atoms with Crippen LogP contribution in [0.15, 0.2) is 18.2 Å². The number of aliphatic hydroxyl groups excluding tert-OH is 1. The summed E-state index contributed by atoms with van der Waals surface area (Å²) in [5, 5.41) is 10.3. The third-order valence-corrected chi connectivity index (χ3v) is 4.49. The Morgan fingerprint density at radius 2 is 1.89 bits per heavy atom. The third-order valence-electron chi connectivity index (χ3n) is 4.07. The van der Waals surface area contributed by atoms with E-state index >= 15 is 0 Å². The van der Waals surface area contributed by atoms with Gasteiger partial charge in [-0.1, -0.05) is 62.3 Å². The first kappa shape index (κ1) is 14.8. The number of halogens is 2. The molecule has 0 aliphatic heterocycles. The van der Waals surface area contributed by atoms with E-state index in [2.05, 4.69) is 0 Å². The minimum Gasteiger partial charge on any atom is -0.393 e. The topological polar surface area (TPSA) is 20.2 Å². The van der Waals surface area contributed by atoms with Gasteiger partial charge in [-0.05, 0) is 30.4 Å². The van der Waals surface area contributed by atoms with Crippen molar-refractivity contribution < 1.29 is 9.50 Å². The molecule has 1 aromatic carbocycles. The number of rotatable bonds is 4. The van der Waals surface area contributed by atoms with Gasteiger partial charge in [-0.3, -0.25) is 0 Å². The lowest BCUT2D eigenvalue weighted by Crippen LogP contribution is -2.16. The molecule has 19 heavy (non-hydrogen) atoms. The Kier molecular flexibility index (Phi) is 5.65. The molecule has 0 radical (unpaired) electrons. The number of benzene rings is 1. The molecule has 1 fully saturated rings. The molecule has 1 aliphatic carbocycles. The van der Waals surface area contributed by atoms with Crippen molar-refractivity contribution >= 4 is 11.6 Å². The van der Waals surface area contributed by atoms with Gasteiger partial charge in [0.15, 0.2) is 0 Å². The van der Waals surface area contributed by atoms with Crippen molar-refractivity contribution in [2.45, 2.75) is 57.5 Å². The zero-order valence-electron chi connectivity index (χ0n) is 11.2. The molecule has 0 spiro atoms. The van der Waals surface area contributed by atoms with Crippen LogP contribution in [0.1, 0.15) is 50.5 Å². The van der Waals surface area contributed by atoms with Crippen molar-refractivity contribution in [3.8, 4) is 0 Å². The first-order valence-corrected chi connectivity index (χ1v) is 7.65. The number of aliphatic hydroxyl groups is 1. The Hall–Kier alpha value is -0.600. The monoisotopic (exact) mass is 284 g/mol. The van der Waals surface area contributed by atoms with Crippen LogP contribution >= 0.6 is 11.6 Å². The van der Waals surface area contributed by atoms with Crippen molar-refractivity contribution in [1.82, 2.24) is 0 Å². The van der Waals surface area contributed by atoms with Gasteiger partial charge in [0.2, 0.25) is 0 Å². The number of hydrogen-bond acceptors (Lipinski definition) is 1. The maximum atomic E-state index is 13.3. The largest absolute Gasteiger partial charge is 0.393 e. The summed E-state index contributed by atoms with van der Waals surface area (Å²) < 4.78 is 13.3. The van der Waals surface area contributed by atoms with Crippen LogP contribution in [-0.2, 0) is 6.42 Å². The van der Waals surface area contributed by atoms with Gasteiger partial charge in [0.25, 0.3) is 0 Å². The van der Waals surface area contributed by atoms with Crippen molar-refractivity contribution in [2.75, 3.05) is 0 Å². The summed E-state index contributed by atoms with van der Waals surface area (Å²) in [6.07, 6.45) is 8.48. The van der Waals surface area contributed by atoms with Crippen molar-refractivity contribution in [1.29, 1.82) is 0 Å². The summed E-state index contributed by atoms with van der Waals surface area (Å²) in [6, 6.07) is 4.79. The zero-order chi connectivity index (χ0) is 13.7. The van der Waals surface area contributed by atoms with Gasteiger partial charge in [-0.15, -0.1) is 0 Å². The molecule has 1 unspecified atom stereocenters. The van der Waals surface area contributed by atoms with Crippen LogP contribution < -0.4 is 0 Å². The Labute approximate surface area is 119 Å². The summed E-state index contributed by atoms with van der Waals surface area (Å²) in [5.41, 5.74) is 0.711. The maximum absolute atomic E-state index is 13.3. The molecular formula is C16H22ClFO. The van der Waals surface area contributed by atoms with Gasteiger partial charge in [0.05, 0.1) is 11.1 Å². The summed E-state index contributed by atoms with van der Waals surface area (Å²) in [4.78, 5) is 0. The van der Waals surface area contributed by atoms with Gasteiger partial charge >= 0.3 is 0 Å². The van der Waals surface area contributed by atoms with Crippen LogP contribution in [-0.4, -0.2) is 11.2 Å². The van der Waals surface area contributed by atoms with Gasteiger partial charge in [-0.2, -0.15) is 0 Å². The molecule has 1 aliphatic rings. The summed E-state index contributed by atoms with van der Waals surface area (Å²) in [5.74, 6) is 0.214. The van der Waals surface area contributed by atoms with E-state index in [9.17, 15) is 9.50 Å². The second kappa shape index (κ2) is 7.25. The van der Waals surface area contributed by atoms with Crippen molar-refractivity contribution in [2.24, 2.45) is 5.92 Å². The smallest absolute Gasteiger partial charge is 0.142 e. The predicted molar refractivity (Wildman–Crippen MR) is 76.9 cm³/mol. The minimum absolute atomic E-state index is 0.155. The highest BCUT2D eigenvalue weighted by Gasteiger charge is 2.18. The van der Waals surface area contributed by atoms with E-state index in [1.165, 1.54) is 44.6 Å². The molecule has 0 amide bonds. The average molecular weight is 285 g/mol. The van der Waals surface area contributed by atoms with Gasteiger partial charge < -0.3 is 5.11 Å². The lowest BCUT2D eigenvalue weighted by atomic mass is 9.91. The second-order valence-corrected chi connectivity index (χ2v) is 6.04. The van der Waals surface area contributed by atoms with Gasteiger partial charge in [0.1, 0.15) is 5.82 Å². The van der Waals surface area contributed by atoms with E-state index in [0.29, 0.717) is 17.9 Å². The molecule has 0 aromatic heterocycles. The quantitative estimate of drug-likeness (QED) is 0.792. The van der Waals surface area contributed by atoms with E-state index in [-0.39, 0.29) is 5.02 Å². The molecule has 0 heterocycles. The van der Waals surface area contributed by atoms with E-state index in [1.807, 2.05) is 0 Å². The van der Waals surface area contributed by atoms with Crippen LogP contribution in [0.2, 0.25) is 5.02 Å². The first-order valence-electron chi connectivity index (χ1n) is 7.27. The summed E-state index contributed by atoms with van der Waals surface area (Å²) in [7, 11) is 0. The fraction of sp³-hybridized carbons (Fsp3) is 0.625. The van der Waals surface area contributed by atoms with Crippen LogP contribution in [0.5, 0.6) is 0 Å². The van der Waals surface area contributed by atoms with E-state index in [0.717, 1.165) is 6.42 Å². The zero-order valence-corrected chi connectivity index (χ0v) is 12.0. The van der Waals surface area contributed by atoms with Crippen LogP contribution in [0.25, 0.3) is 0 Å². The van der Waals surface area contributed by atoms with E-state index in [4.69, 9.17) is 11.6 Å². The molecule has 1 nitrogen and oxygen atoms in total. The SMILES string of the molecule is OC(Cc1cccc(F)c1Cl)CC1CCCCCC1. The maximum Gasteiger partial charge on any atom is 0.142 e. The lowest BCUT2D eigenvalue weighted by Gasteiger charge is -2.19. The molecular weight excluding hydrogens is 263 g/mol. The first-order chi connectivity index (χ1) is 9.16. The Morgan fingerprint density at radius 1 is 1.21 bits per heavy atom. The van der Waals surface area contributed by atoms with Crippen LogP contribution in [0, 0.1) is 11.7 Å². The van der Waals surface area contributed by atoms with Crippen LogP contribution in [0.4, 0.5) is 4.39 Å². The summed E-state index contributed by atoms with van der Waals surface area (Å²) in [6.45, 7) is 0. The molecule has 1 N–H and O–H groups in total. The second-order valence-electron chi connectivity index (χ2n) is 5.66. The Morgan fingerprint density at radius 3 is 2.58 bits per heavy atom.